The van der Waals surface area contributed by atoms with Crippen LogP contribution in [0.2, 0.25) is 5.02 Å². The number of aromatic nitrogens is 5. The summed E-state index contributed by atoms with van der Waals surface area (Å²) in [5.74, 6) is 0.453. The molecule has 0 spiro atoms. The number of ketones is 1. The van der Waals surface area contributed by atoms with Gasteiger partial charge in [0.1, 0.15) is 6.54 Å². The third kappa shape index (κ3) is 3.09. The number of hydrogen-bond acceptors (Lipinski definition) is 4. The third-order valence-corrected chi connectivity index (χ3v) is 4.75. The number of carbonyl (C=O) groups excluding carboxylic acids is 1. The minimum atomic E-state index is -0.00459. The van der Waals surface area contributed by atoms with Crippen LogP contribution in [0.4, 0.5) is 0 Å². The molecule has 0 unspecified atom stereocenters. The maximum Gasteiger partial charge on any atom is 0.204 e. The normalized spacial score (nSPS) is 14.0. The van der Waals surface area contributed by atoms with Crippen LogP contribution >= 0.6 is 11.6 Å². The van der Waals surface area contributed by atoms with Crippen molar-refractivity contribution in [3.05, 3.63) is 52.3 Å². The molecule has 3 aromatic rings. The molecule has 0 bridgehead atoms. The molecule has 1 aliphatic rings. The first-order chi connectivity index (χ1) is 12.0. The average Bonchev–Trinajstić information content (AvgIpc) is 3.21. The molecule has 1 aliphatic carbocycles. The Labute approximate surface area is 150 Å². The topological polar surface area (TPSA) is 65.6 Å². The van der Waals surface area contributed by atoms with E-state index in [9.17, 15) is 4.79 Å². The van der Waals surface area contributed by atoms with Crippen molar-refractivity contribution in [2.45, 2.75) is 39.3 Å². The summed E-state index contributed by atoms with van der Waals surface area (Å²) in [7, 11) is 0. The maximum atomic E-state index is 12.7. The Kier molecular flexibility index (Phi) is 3.92. The highest BCUT2D eigenvalue weighted by molar-refractivity contribution is 6.30. The lowest BCUT2D eigenvalue weighted by atomic mass is 10.1. The van der Waals surface area contributed by atoms with Crippen molar-refractivity contribution in [3.8, 4) is 11.4 Å². The zero-order valence-corrected chi connectivity index (χ0v) is 14.9. The van der Waals surface area contributed by atoms with E-state index in [-0.39, 0.29) is 12.3 Å². The standard InChI is InChI=1S/C18H18ClN5O/c1-11-8-16(12(2)24(11)15-6-7-15)17(25)10-23-21-18(20-22-23)13-4-3-5-14(19)9-13/h3-5,8-9,15H,6-7,10H2,1-2H3. The molecule has 0 saturated heterocycles. The lowest BCUT2D eigenvalue weighted by Crippen LogP contribution is -2.14. The minimum absolute atomic E-state index is 0.00459. The van der Waals surface area contributed by atoms with Crippen LogP contribution in [0.1, 0.15) is 40.6 Å². The van der Waals surface area contributed by atoms with Crippen molar-refractivity contribution in [3.63, 3.8) is 0 Å². The molecule has 1 saturated carbocycles. The van der Waals surface area contributed by atoms with Gasteiger partial charge in [-0.1, -0.05) is 23.7 Å². The number of benzene rings is 1. The van der Waals surface area contributed by atoms with Crippen molar-refractivity contribution in [2.75, 3.05) is 0 Å². The summed E-state index contributed by atoms with van der Waals surface area (Å²) in [5.41, 5.74) is 3.68. The minimum Gasteiger partial charge on any atom is -0.345 e. The van der Waals surface area contributed by atoms with E-state index in [1.807, 2.05) is 32.0 Å². The lowest BCUT2D eigenvalue weighted by Gasteiger charge is -2.07. The zero-order chi connectivity index (χ0) is 17.6. The number of rotatable bonds is 5. The molecular weight excluding hydrogens is 338 g/mol. The van der Waals surface area contributed by atoms with Crippen LogP contribution in [0.25, 0.3) is 11.4 Å². The van der Waals surface area contributed by atoms with Crippen molar-refractivity contribution in [1.82, 2.24) is 24.8 Å². The van der Waals surface area contributed by atoms with Crippen LogP contribution < -0.4 is 0 Å². The molecular formula is C18H18ClN5O. The average molecular weight is 356 g/mol. The molecule has 0 N–H and O–H groups in total. The Morgan fingerprint density at radius 3 is 2.80 bits per heavy atom. The molecule has 25 heavy (non-hydrogen) atoms. The molecule has 2 heterocycles. The molecule has 0 amide bonds. The number of carbonyl (C=O) groups is 1. The Morgan fingerprint density at radius 1 is 1.28 bits per heavy atom. The van der Waals surface area contributed by atoms with E-state index >= 15 is 0 Å². The van der Waals surface area contributed by atoms with Gasteiger partial charge in [-0.05, 0) is 50.1 Å². The van der Waals surface area contributed by atoms with Crippen LogP contribution in [0.3, 0.4) is 0 Å². The van der Waals surface area contributed by atoms with E-state index in [0.717, 1.165) is 22.5 Å². The summed E-state index contributed by atoms with van der Waals surface area (Å²) in [5, 5.41) is 12.9. The number of Topliss-reactive ketones (excluding diaryl/α,β-unsaturated/α-hetero) is 1. The van der Waals surface area contributed by atoms with Gasteiger partial charge < -0.3 is 4.57 Å². The van der Waals surface area contributed by atoms with Gasteiger partial charge in [-0.25, -0.2) is 0 Å². The van der Waals surface area contributed by atoms with Gasteiger partial charge in [-0.3, -0.25) is 4.79 Å². The van der Waals surface area contributed by atoms with Gasteiger partial charge in [0.25, 0.3) is 0 Å². The Balaban J connectivity index is 1.55. The van der Waals surface area contributed by atoms with E-state index in [1.165, 1.54) is 17.6 Å². The first-order valence-corrected chi connectivity index (χ1v) is 8.66. The van der Waals surface area contributed by atoms with Crippen LogP contribution in [-0.2, 0) is 6.54 Å². The Morgan fingerprint density at radius 2 is 2.08 bits per heavy atom. The molecule has 4 rings (SSSR count). The van der Waals surface area contributed by atoms with Gasteiger partial charge in [-0.2, -0.15) is 4.80 Å². The number of hydrogen-bond donors (Lipinski definition) is 0. The number of tetrazole rings is 1. The molecule has 0 aliphatic heterocycles. The molecule has 1 fully saturated rings. The van der Waals surface area contributed by atoms with E-state index < -0.39 is 0 Å². The van der Waals surface area contributed by atoms with Gasteiger partial charge in [0.2, 0.25) is 5.82 Å². The van der Waals surface area contributed by atoms with Crippen molar-refractivity contribution < 1.29 is 4.79 Å². The van der Waals surface area contributed by atoms with Crippen molar-refractivity contribution >= 4 is 17.4 Å². The second-order valence-electron chi connectivity index (χ2n) is 6.46. The zero-order valence-electron chi connectivity index (χ0n) is 14.1. The Hall–Kier alpha value is -2.47. The molecule has 2 aromatic heterocycles. The number of nitrogens with zero attached hydrogens (tertiary/aromatic N) is 5. The van der Waals surface area contributed by atoms with Crippen LogP contribution in [0.15, 0.2) is 30.3 Å². The fourth-order valence-corrected chi connectivity index (χ4v) is 3.41. The summed E-state index contributed by atoms with van der Waals surface area (Å²) in [4.78, 5) is 14.0. The molecule has 0 radical (unpaired) electrons. The first kappa shape index (κ1) is 16.0. The van der Waals surface area contributed by atoms with Crippen LogP contribution in [0.5, 0.6) is 0 Å². The summed E-state index contributed by atoms with van der Waals surface area (Å²) in [6, 6.07) is 9.77. The third-order valence-electron chi connectivity index (χ3n) is 4.52. The van der Waals surface area contributed by atoms with E-state index in [0.29, 0.717) is 16.9 Å². The monoisotopic (exact) mass is 355 g/mol. The highest BCUT2D eigenvalue weighted by atomic mass is 35.5. The van der Waals surface area contributed by atoms with Crippen molar-refractivity contribution in [2.24, 2.45) is 0 Å². The highest BCUT2D eigenvalue weighted by Gasteiger charge is 2.28. The molecule has 128 valence electrons. The summed E-state index contributed by atoms with van der Waals surface area (Å²) < 4.78 is 2.26. The lowest BCUT2D eigenvalue weighted by molar-refractivity contribution is 0.0960. The number of aryl methyl sites for hydroxylation is 1. The predicted octanol–water partition coefficient (Wildman–Crippen LogP) is 3.63. The second kappa shape index (κ2) is 6.11. The van der Waals surface area contributed by atoms with E-state index in [2.05, 4.69) is 20.0 Å². The van der Waals surface area contributed by atoms with Gasteiger partial charge in [0, 0.05) is 33.6 Å². The first-order valence-electron chi connectivity index (χ1n) is 8.28. The smallest absolute Gasteiger partial charge is 0.204 e. The fourth-order valence-electron chi connectivity index (χ4n) is 3.22. The highest BCUT2D eigenvalue weighted by Crippen LogP contribution is 2.38. The second-order valence-corrected chi connectivity index (χ2v) is 6.90. The van der Waals surface area contributed by atoms with Crippen molar-refractivity contribution in [1.29, 1.82) is 0 Å². The number of halogens is 1. The van der Waals surface area contributed by atoms with Gasteiger partial charge >= 0.3 is 0 Å². The van der Waals surface area contributed by atoms with Crippen LogP contribution in [-0.4, -0.2) is 30.6 Å². The van der Waals surface area contributed by atoms with Gasteiger partial charge in [0.05, 0.1) is 0 Å². The Bertz CT molecular complexity index is 954. The summed E-state index contributed by atoms with van der Waals surface area (Å²) >= 11 is 5.99. The quantitative estimate of drug-likeness (QED) is 0.655. The fraction of sp³-hybridized carbons (Fsp3) is 0.333. The van der Waals surface area contributed by atoms with Crippen LogP contribution in [0, 0.1) is 13.8 Å². The predicted molar refractivity (Wildman–Crippen MR) is 94.8 cm³/mol. The SMILES string of the molecule is Cc1cc(C(=O)Cn2nnc(-c3cccc(Cl)c3)n2)c(C)n1C1CC1. The van der Waals surface area contributed by atoms with Gasteiger partial charge in [0.15, 0.2) is 5.78 Å². The van der Waals surface area contributed by atoms with E-state index in [4.69, 9.17) is 11.6 Å². The molecule has 1 aromatic carbocycles. The summed E-state index contributed by atoms with van der Waals surface area (Å²) in [6.07, 6.45) is 2.38. The van der Waals surface area contributed by atoms with Gasteiger partial charge in [-0.15, -0.1) is 10.2 Å². The van der Waals surface area contributed by atoms with E-state index in [1.54, 1.807) is 12.1 Å². The largest absolute Gasteiger partial charge is 0.345 e. The molecule has 7 heteroatoms. The molecule has 6 nitrogen and oxygen atoms in total. The summed E-state index contributed by atoms with van der Waals surface area (Å²) in [6.45, 7) is 4.13. The maximum absolute atomic E-state index is 12.7. The molecule has 0 atom stereocenters.